The second-order valence-corrected chi connectivity index (χ2v) is 4.95. The highest BCUT2D eigenvalue weighted by atomic mass is 35.5. The maximum atomic E-state index is 5.91. The molecular formula is C13H18ClNO. The SMILES string of the molecule is Nc1ccc(Cl)cc1COCC1CCCC1. The van der Waals surface area contributed by atoms with Gasteiger partial charge in [0.25, 0.3) is 0 Å². The molecule has 0 atom stereocenters. The summed E-state index contributed by atoms with van der Waals surface area (Å²) in [6, 6.07) is 5.51. The molecule has 3 heteroatoms. The van der Waals surface area contributed by atoms with Gasteiger partial charge in [0.2, 0.25) is 0 Å². The Kier molecular flexibility index (Phi) is 4.08. The molecule has 2 nitrogen and oxygen atoms in total. The molecule has 88 valence electrons. The number of halogens is 1. The van der Waals surface area contributed by atoms with E-state index in [4.69, 9.17) is 22.1 Å². The van der Waals surface area contributed by atoms with Crippen molar-refractivity contribution in [1.29, 1.82) is 0 Å². The minimum absolute atomic E-state index is 0.572. The molecule has 0 radical (unpaired) electrons. The first kappa shape index (κ1) is 11.7. The number of hydrogen-bond acceptors (Lipinski definition) is 2. The lowest BCUT2D eigenvalue weighted by molar-refractivity contribution is 0.0892. The highest BCUT2D eigenvalue weighted by Crippen LogP contribution is 2.25. The van der Waals surface area contributed by atoms with Crippen LogP contribution in [-0.4, -0.2) is 6.61 Å². The molecule has 16 heavy (non-hydrogen) atoms. The molecule has 1 fully saturated rings. The maximum absolute atomic E-state index is 5.91. The van der Waals surface area contributed by atoms with Gasteiger partial charge in [0.1, 0.15) is 0 Å². The average molecular weight is 240 g/mol. The Morgan fingerprint density at radius 2 is 2.06 bits per heavy atom. The quantitative estimate of drug-likeness (QED) is 0.815. The molecular weight excluding hydrogens is 222 g/mol. The molecule has 1 aromatic carbocycles. The van der Waals surface area contributed by atoms with Crippen molar-refractivity contribution in [1.82, 2.24) is 0 Å². The Hall–Kier alpha value is -0.730. The molecule has 0 amide bonds. The molecule has 0 bridgehead atoms. The van der Waals surface area contributed by atoms with Crippen LogP contribution < -0.4 is 5.73 Å². The minimum Gasteiger partial charge on any atom is -0.398 e. The van der Waals surface area contributed by atoms with Gasteiger partial charge in [0.05, 0.1) is 6.61 Å². The number of ether oxygens (including phenoxy) is 1. The molecule has 1 aliphatic carbocycles. The van der Waals surface area contributed by atoms with Crippen LogP contribution in [0.1, 0.15) is 31.2 Å². The zero-order valence-corrected chi connectivity index (χ0v) is 10.2. The topological polar surface area (TPSA) is 35.2 Å². The summed E-state index contributed by atoms with van der Waals surface area (Å²) in [6.07, 6.45) is 5.33. The summed E-state index contributed by atoms with van der Waals surface area (Å²) in [5.41, 5.74) is 7.60. The molecule has 2 rings (SSSR count). The first-order chi connectivity index (χ1) is 7.75. The van der Waals surface area contributed by atoms with E-state index in [1.54, 1.807) is 6.07 Å². The molecule has 2 N–H and O–H groups in total. The summed E-state index contributed by atoms with van der Waals surface area (Å²) in [6.45, 7) is 1.43. The fourth-order valence-corrected chi connectivity index (χ4v) is 2.41. The van der Waals surface area contributed by atoms with E-state index >= 15 is 0 Å². The number of nitrogens with two attached hydrogens (primary N) is 1. The number of rotatable bonds is 4. The van der Waals surface area contributed by atoms with Crippen molar-refractivity contribution in [3.05, 3.63) is 28.8 Å². The van der Waals surface area contributed by atoms with E-state index in [1.807, 2.05) is 12.1 Å². The van der Waals surface area contributed by atoms with Gasteiger partial charge in [-0.2, -0.15) is 0 Å². The van der Waals surface area contributed by atoms with Gasteiger partial charge in [-0.1, -0.05) is 24.4 Å². The van der Waals surface area contributed by atoms with Gasteiger partial charge in [-0.3, -0.25) is 0 Å². The Bertz CT molecular complexity index is 348. The first-order valence-electron chi connectivity index (χ1n) is 5.87. The van der Waals surface area contributed by atoms with Crippen molar-refractivity contribution in [2.24, 2.45) is 5.92 Å². The largest absolute Gasteiger partial charge is 0.398 e. The van der Waals surface area contributed by atoms with Gasteiger partial charge in [-0.05, 0) is 37.0 Å². The molecule has 0 aromatic heterocycles. The first-order valence-corrected chi connectivity index (χ1v) is 6.25. The van der Waals surface area contributed by atoms with Crippen LogP contribution in [-0.2, 0) is 11.3 Å². The van der Waals surface area contributed by atoms with E-state index in [-0.39, 0.29) is 0 Å². The standard InChI is InChI=1S/C13H18ClNO/c14-12-5-6-13(15)11(7-12)9-16-8-10-3-1-2-4-10/h5-7,10H,1-4,8-9,15H2. The highest BCUT2D eigenvalue weighted by Gasteiger charge is 2.14. The maximum Gasteiger partial charge on any atom is 0.0737 e. The normalized spacial score (nSPS) is 16.8. The number of nitrogen functional groups attached to an aromatic ring is 1. The second kappa shape index (κ2) is 5.55. The third-order valence-corrected chi connectivity index (χ3v) is 3.43. The zero-order valence-electron chi connectivity index (χ0n) is 9.42. The van der Waals surface area contributed by atoms with Crippen LogP contribution in [0, 0.1) is 5.92 Å². The molecule has 1 aliphatic rings. The van der Waals surface area contributed by atoms with Crippen molar-refractivity contribution in [3.63, 3.8) is 0 Å². The van der Waals surface area contributed by atoms with Crippen molar-refractivity contribution in [2.45, 2.75) is 32.3 Å². The zero-order chi connectivity index (χ0) is 11.4. The van der Waals surface area contributed by atoms with Crippen molar-refractivity contribution >= 4 is 17.3 Å². The van der Waals surface area contributed by atoms with E-state index in [0.29, 0.717) is 11.6 Å². The molecule has 0 heterocycles. The van der Waals surface area contributed by atoms with E-state index in [1.165, 1.54) is 25.7 Å². The van der Waals surface area contributed by atoms with Gasteiger partial charge in [-0.15, -0.1) is 0 Å². The number of benzene rings is 1. The summed E-state index contributed by atoms with van der Waals surface area (Å²) >= 11 is 5.91. The van der Waals surface area contributed by atoms with E-state index in [0.717, 1.165) is 23.8 Å². The third-order valence-electron chi connectivity index (χ3n) is 3.19. The fraction of sp³-hybridized carbons (Fsp3) is 0.538. The summed E-state index contributed by atoms with van der Waals surface area (Å²) in [7, 11) is 0. The fourth-order valence-electron chi connectivity index (χ4n) is 2.21. The molecule has 1 saturated carbocycles. The lowest BCUT2D eigenvalue weighted by Gasteiger charge is -2.11. The Morgan fingerprint density at radius 3 is 2.81 bits per heavy atom. The van der Waals surface area contributed by atoms with Gasteiger partial charge in [-0.25, -0.2) is 0 Å². The minimum atomic E-state index is 0.572. The van der Waals surface area contributed by atoms with Crippen molar-refractivity contribution < 1.29 is 4.74 Å². The molecule has 0 unspecified atom stereocenters. The van der Waals surface area contributed by atoms with Crippen LogP contribution in [0.5, 0.6) is 0 Å². The van der Waals surface area contributed by atoms with Crippen molar-refractivity contribution in [2.75, 3.05) is 12.3 Å². The Balaban J connectivity index is 1.82. The lowest BCUT2D eigenvalue weighted by atomic mass is 10.1. The average Bonchev–Trinajstić information content (AvgIpc) is 2.76. The summed E-state index contributed by atoms with van der Waals surface area (Å²) in [4.78, 5) is 0. The Morgan fingerprint density at radius 1 is 1.31 bits per heavy atom. The predicted octanol–water partition coefficient (Wildman–Crippen LogP) is 3.63. The molecule has 0 aliphatic heterocycles. The molecule has 1 aromatic rings. The molecule has 0 spiro atoms. The molecule has 0 saturated heterocycles. The summed E-state index contributed by atoms with van der Waals surface area (Å²) in [5.74, 6) is 0.750. The van der Waals surface area contributed by atoms with Crippen LogP contribution in [0.4, 0.5) is 5.69 Å². The van der Waals surface area contributed by atoms with Gasteiger partial charge in [0, 0.05) is 22.9 Å². The van der Waals surface area contributed by atoms with Crippen molar-refractivity contribution in [3.8, 4) is 0 Å². The third kappa shape index (κ3) is 3.13. The van der Waals surface area contributed by atoms with Crippen LogP contribution >= 0.6 is 11.6 Å². The summed E-state index contributed by atoms with van der Waals surface area (Å²) in [5, 5.41) is 0.716. The Labute approximate surface area is 102 Å². The lowest BCUT2D eigenvalue weighted by Crippen LogP contribution is -2.06. The van der Waals surface area contributed by atoms with Crippen LogP contribution in [0.2, 0.25) is 5.02 Å². The smallest absolute Gasteiger partial charge is 0.0737 e. The predicted molar refractivity (Wildman–Crippen MR) is 67.5 cm³/mol. The van der Waals surface area contributed by atoms with Crippen LogP contribution in [0.15, 0.2) is 18.2 Å². The second-order valence-electron chi connectivity index (χ2n) is 4.51. The van der Waals surface area contributed by atoms with Crippen LogP contribution in [0.25, 0.3) is 0 Å². The van der Waals surface area contributed by atoms with E-state index in [9.17, 15) is 0 Å². The van der Waals surface area contributed by atoms with E-state index in [2.05, 4.69) is 0 Å². The summed E-state index contributed by atoms with van der Waals surface area (Å²) < 4.78 is 5.70. The van der Waals surface area contributed by atoms with Gasteiger partial charge in [0.15, 0.2) is 0 Å². The monoisotopic (exact) mass is 239 g/mol. The number of anilines is 1. The van der Waals surface area contributed by atoms with Gasteiger partial charge < -0.3 is 10.5 Å². The highest BCUT2D eigenvalue weighted by molar-refractivity contribution is 6.30. The van der Waals surface area contributed by atoms with Gasteiger partial charge >= 0.3 is 0 Å². The van der Waals surface area contributed by atoms with Crippen LogP contribution in [0.3, 0.4) is 0 Å². The number of hydrogen-bond donors (Lipinski definition) is 1. The van der Waals surface area contributed by atoms with E-state index < -0.39 is 0 Å².